The van der Waals surface area contributed by atoms with Gasteiger partial charge in [0, 0.05) is 52.7 Å². The first-order valence-electron chi connectivity index (χ1n) is 12.1. The van der Waals surface area contributed by atoms with E-state index in [9.17, 15) is 0 Å². The van der Waals surface area contributed by atoms with Crippen LogP contribution in [0.1, 0.15) is 23.5 Å². The number of hydrogen-bond acceptors (Lipinski definition) is 4. The first-order valence-corrected chi connectivity index (χ1v) is 13.3. The van der Waals surface area contributed by atoms with Gasteiger partial charge in [-0.25, -0.2) is 0 Å². The number of morpholine rings is 1. The van der Waals surface area contributed by atoms with Crippen molar-refractivity contribution in [3.63, 3.8) is 0 Å². The fourth-order valence-corrected chi connectivity index (χ4v) is 5.81. The molecular weight excluding hydrogens is 534 g/mol. The molecule has 182 valence electrons. The molecule has 0 unspecified atom stereocenters. The van der Waals surface area contributed by atoms with E-state index in [4.69, 9.17) is 21.9 Å². The predicted octanol–water partition coefficient (Wildman–Crippen LogP) is 5.65. The molecule has 0 aliphatic carbocycles. The van der Waals surface area contributed by atoms with E-state index in [1.165, 1.54) is 5.69 Å². The van der Waals surface area contributed by atoms with Gasteiger partial charge in [-0.05, 0) is 78.9 Å². The standard InChI is InChI=1S/C28H26BrN5OS/c29-20-5-3-6-23(19-20)33-14-4-8-25(33)27-26(24-7-1-2-13-30-24)31-28(36)34(27)22-11-9-21(10-12-22)32-15-17-35-18-16-32/h1-14,19,26-27H,15-18H2,(H,31,36)/t26-,27+/m0/s1. The number of thiocarbonyl (C=S) groups is 1. The Morgan fingerprint density at radius 2 is 1.69 bits per heavy atom. The van der Waals surface area contributed by atoms with Crippen LogP contribution in [0.5, 0.6) is 0 Å². The summed E-state index contributed by atoms with van der Waals surface area (Å²) in [6.07, 6.45) is 3.94. The Morgan fingerprint density at radius 3 is 2.44 bits per heavy atom. The van der Waals surface area contributed by atoms with Gasteiger partial charge in [0.2, 0.25) is 0 Å². The van der Waals surface area contributed by atoms with E-state index in [-0.39, 0.29) is 12.1 Å². The van der Waals surface area contributed by atoms with Crippen molar-refractivity contribution >= 4 is 44.6 Å². The maximum Gasteiger partial charge on any atom is 0.174 e. The molecule has 0 amide bonds. The van der Waals surface area contributed by atoms with Crippen LogP contribution in [0.2, 0.25) is 0 Å². The minimum absolute atomic E-state index is 0.0874. The number of anilines is 2. The Hall–Kier alpha value is -3.20. The largest absolute Gasteiger partial charge is 0.378 e. The van der Waals surface area contributed by atoms with Crippen LogP contribution >= 0.6 is 28.1 Å². The molecule has 2 saturated heterocycles. The van der Waals surface area contributed by atoms with Gasteiger partial charge in [-0.15, -0.1) is 0 Å². The van der Waals surface area contributed by atoms with Crippen molar-refractivity contribution in [1.29, 1.82) is 0 Å². The number of pyridine rings is 1. The Kier molecular flexibility index (Phi) is 6.48. The molecule has 6 rings (SSSR count). The lowest BCUT2D eigenvalue weighted by atomic mass is 10.0. The zero-order valence-corrected chi connectivity index (χ0v) is 22.0. The van der Waals surface area contributed by atoms with Crippen LogP contribution in [0.25, 0.3) is 5.69 Å². The van der Waals surface area contributed by atoms with Gasteiger partial charge in [-0.3, -0.25) is 4.98 Å². The van der Waals surface area contributed by atoms with Crippen LogP contribution < -0.4 is 15.1 Å². The second-order valence-electron chi connectivity index (χ2n) is 8.90. The van der Waals surface area contributed by atoms with Crippen molar-refractivity contribution in [2.75, 3.05) is 36.1 Å². The van der Waals surface area contributed by atoms with E-state index < -0.39 is 0 Å². The average Bonchev–Trinajstić information content (AvgIpc) is 3.54. The van der Waals surface area contributed by atoms with Gasteiger partial charge in [0.15, 0.2) is 5.11 Å². The van der Waals surface area contributed by atoms with Crippen molar-refractivity contribution in [3.05, 3.63) is 107 Å². The highest BCUT2D eigenvalue weighted by Gasteiger charge is 2.42. The molecule has 2 aliphatic heterocycles. The van der Waals surface area contributed by atoms with E-state index in [0.29, 0.717) is 5.11 Å². The van der Waals surface area contributed by atoms with E-state index in [0.717, 1.165) is 53.5 Å². The van der Waals surface area contributed by atoms with Gasteiger partial charge in [-0.1, -0.05) is 28.1 Å². The SMILES string of the molecule is S=C1N[C@@H](c2ccccn2)[C@@H](c2cccn2-c2cccc(Br)c2)N1c1ccc(N2CCOCC2)cc1. The molecule has 2 atom stereocenters. The molecule has 0 saturated carbocycles. The predicted molar refractivity (Wildman–Crippen MR) is 151 cm³/mol. The third-order valence-electron chi connectivity index (χ3n) is 6.77. The molecule has 2 aliphatic rings. The zero-order chi connectivity index (χ0) is 24.5. The summed E-state index contributed by atoms with van der Waals surface area (Å²) in [5.74, 6) is 0. The molecule has 8 heteroatoms. The molecule has 4 heterocycles. The van der Waals surface area contributed by atoms with E-state index in [1.54, 1.807) is 0 Å². The molecule has 0 radical (unpaired) electrons. The lowest BCUT2D eigenvalue weighted by molar-refractivity contribution is 0.122. The Balaban J connectivity index is 1.42. The first-order chi connectivity index (χ1) is 17.7. The quantitative estimate of drug-likeness (QED) is 0.319. The smallest absolute Gasteiger partial charge is 0.174 e. The summed E-state index contributed by atoms with van der Waals surface area (Å²) < 4.78 is 8.79. The van der Waals surface area contributed by atoms with Crippen LogP contribution in [-0.2, 0) is 4.74 Å². The normalized spacial score (nSPS) is 20.0. The van der Waals surface area contributed by atoms with E-state index >= 15 is 0 Å². The maximum absolute atomic E-state index is 5.93. The van der Waals surface area contributed by atoms with Crippen molar-refractivity contribution in [2.24, 2.45) is 0 Å². The lowest BCUT2D eigenvalue weighted by Gasteiger charge is -2.31. The van der Waals surface area contributed by atoms with Gasteiger partial charge in [-0.2, -0.15) is 0 Å². The summed E-state index contributed by atoms with van der Waals surface area (Å²) in [6.45, 7) is 3.35. The molecule has 2 fully saturated rings. The monoisotopic (exact) mass is 559 g/mol. The zero-order valence-electron chi connectivity index (χ0n) is 19.6. The molecule has 2 aromatic carbocycles. The number of ether oxygens (including phenoxy) is 1. The van der Waals surface area contributed by atoms with E-state index in [1.807, 2.05) is 24.4 Å². The highest BCUT2D eigenvalue weighted by atomic mass is 79.9. The van der Waals surface area contributed by atoms with Crippen LogP contribution in [0.4, 0.5) is 11.4 Å². The van der Waals surface area contributed by atoms with Crippen molar-refractivity contribution in [2.45, 2.75) is 12.1 Å². The lowest BCUT2D eigenvalue weighted by Crippen LogP contribution is -2.36. The van der Waals surface area contributed by atoms with Crippen molar-refractivity contribution < 1.29 is 4.74 Å². The number of rotatable bonds is 5. The summed E-state index contributed by atoms with van der Waals surface area (Å²) in [6, 6.07) is 27.1. The number of nitrogens with zero attached hydrogens (tertiary/aromatic N) is 4. The van der Waals surface area contributed by atoms with Gasteiger partial charge >= 0.3 is 0 Å². The van der Waals surface area contributed by atoms with Crippen LogP contribution in [0, 0.1) is 0 Å². The number of halogens is 1. The summed E-state index contributed by atoms with van der Waals surface area (Å²) in [5.41, 5.74) is 5.43. The van der Waals surface area contributed by atoms with Gasteiger partial charge in [0.05, 0.1) is 24.9 Å². The summed E-state index contributed by atoms with van der Waals surface area (Å²) >= 11 is 9.56. The van der Waals surface area contributed by atoms with Gasteiger partial charge in [0.25, 0.3) is 0 Å². The van der Waals surface area contributed by atoms with Gasteiger partial charge in [0.1, 0.15) is 6.04 Å². The fraction of sp³-hybridized carbons (Fsp3) is 0.214. The summed E-state index contributed by atoms with van der Waals surface area (Å²) in [7, 11) is 0. The molecule has 6 nitrogen and oxygen atoms in total. The number of benzene rings is 2. The minimum atomic E-state index is -0.0987. The highest BCUT2D eigenvalue weighted by molar-refractivity contribution is 9.10. The third-order valence-corrected chi connectivity index (χ3v) is 7.58. The fourth-order valence-electron chi connectivity index (χ4n) is 5.08. The minimum Gasteiger partial charge on any atom is -0.378 e. The third kappa shape index (κ3) is 4.40. The first kappa shape index (κ1) is 23.2. The number of aromatic nitrogens is 2. The molecular formula is C28H26BrN5OS. The van der Waals surface area contributed by atoms with Crippen LogP contribution in [0.3, 0.4) is 0 Å². The highest BCUT2D eigenvalue weighted by Crippen LogP contribution is 2.42. The summed E-state index contributed by atoms with van der Waals surface area (Å²) in [4.78, 5) is 9.28. The number of hydrogen-bond donors (Lipinski definition) is 1. The van der Waals surface area contributed by atoms with E-state index in [2.05, 4.69) is 102 Å². The summed E-state index contributed by atoms with van der Waals surface area (Å²) in [5, 5.41) is 4.26. The van der Waals surface area contributed by atoms with Crippen molar-refractivity contribution in [1.82, 2.24) is 14.9 Å². The Bertz CT molecular complexity index is 1350. The van der Waals surface area contributed by atoms with Crippen molar-refractivity contribution in [3.8, 4) is 5.69 Å². The van der Waals surface area contributed by atoms with Crippen LogP contribution in [-0.4, -0.2) is 41.0 Å². The Labute approximate surface area is 224 Å². The second kappa shape index (κ2) is 10.0. The molecule has 36 heavy (non-hydrogen) atoms. The average molecular weight is 561 g/mol. The molecule has 0 bridgehead atoms. The Morgan fingerprint density at radius 1 is 0.889 bits per heavy atom. The maximum atomic E-state index is 5.93. The van der Waals surface area contributed by atoms with Gasteiger partial charge < -0.3 is 24.4 Å². The number of nitrogens with one attached hydrogen (secondary N) is 1. The molecule has 0 spiro atoms. The second-order valence-corrected chi connectivity index (χ2v) is 10.2. The molecule has 4 aromatic rings. The molecule has 2 aromatic heterocycles. The topological polar surface area (TPSA) is 45.6 Å². The molecule has 1 N–H and O–H groups in total. The van der Waals surface area contributed by atoms with Crippen LogP contribution in [0.15, 0.2) is 95.7 Å².